The van der Waals surface area contributed by atoms with Crippen molar-refractivity contribution in [3.63, 3.8) is 0 Å². The maximum atomic E-state index is 13.5. The lowest BCUT2D eigenvalue weighted by Crippen LogP contribution is -2.64. The molecule has 3 heterocycles. The number of ether oxygens (including phenoxy) is 7. The first kappa shape index (κ1) is 34.4. The summed E-state index contributed by atoms with van der Waals surface area (Å²) in [4.78, 5) is 13.5. The average molecular weight is 679 g/mol. The summed E-state index contributed by atoms with van der Waals surface area (Å²) in [6.45, 7) is 1.38. The highest BCUT2D eigenvalue weighted by Crippen LogP contribution is 2.36. The van der Waals surface area contributed by atoms with Gasteiger partial charge in [-0.05, 0) is 28.3 Å². The van der Waals surface area contributed by atoms with E-state index in [1.54, 1.807) is 0 Å². The third kappa shape index (κ3) is 8.46. The van der Waals surface area contributed by atoms with E-state index in [0.717, 1.165) is 22.3 Å². The minimum absolute atomic E-state index is 0.129. The van der Waals surface area contributed by atoms with Gasteiger partial charge in [0.25, 0.3) is 0 Å². The van der Waals surface area contributed by atoms with Gasteiger partial charge in [-0.3, -0.25) is 4.79 Å². The fourth-order valence-corrected chi connectivity index (χ4v) is 6.56. The van der Waals surface area contributed by atoms with Crippen LogP contribution >= 0.6 is 0 Å². The zero-order valence-electron chi connectivity index (χ0n) is 27.7. The number of hydrogen-bond donors (Lipinski definition) is 1. The van der Waals surface area contributed by atoms with E-state index in [1.165, 1.54) is 6.08 Å². The molecule has 0 aliphatic carbocycles. The lowest BCUT2D eigenvalue weighted by Gasteiger charge is -2.47. The van der Waals surface area contributed by atoms with E-state index in [1.807, 2.05) is 121 Å². The summed E-state index contributed by atoms with van der Waals surface area (Å²) >= 11 is 0. The highest BCUT2D eigenvalue weighted by Gasteiger charge is 2.53. The van der Waals surface area contributed by atoms with Crippen molar-refractivity contribution in [1.82, 2.24) is 0 Å². The smallest absolute Gasteiger partial charge is 0.192 e. The normalized spacial score (nSPS) is 26.8. The highest BCUT2D eigenvalue weighted by molar-refractivity contribution is 6.01. The standard InChI is InChI=1S/C41H42O9/c42-36-32(21-35-45-27-33(36)49-35)37(43)39-41(48-25-31-19-11-4-12-20-31)40(47-24-30-17-9-3-10-18-30)38(46-23-29-15-7-2-8-16-29)34(50-39)26-44-22-28-13-5-1-6-14-28/h1-21,33-35,37-41,43H,22-27H2/t33-,34-,35-,37-,38+,39+,40+,41+/m1/s1. The molecule has 8 atom stereocenters. The number of carbonyl (C=O) groups excluding carboxylic acids is 1. The Morgan fingerprint density at radius 3 is 1.64 bits per heavy atom. The number of aliphatic hydroxyl groups excluding tert-OH is 1. The Kier molecular flexibility index (Phi) is 11.6. The highest BCUT2D eigenvalue weighted by atomic mass is 16.7. The lowest BCUT2D eigenvalue weighted by atomic mass is 9.86. The van der Waals surface area contributed by atoms with E-state index < -0.39 is 49.0 Å². The molecule has 0 spiro atoms. The Balaban J connectivity index is 1.23. The van der Waals surface area contributed by atoms with Crippen LogP contribution in [0.2, 0.25) is 0 Å². The third-order valence-electron chi connectivity index (χ3n) is 9.15. The number of carbonyl (C=O) groups is 1. The summed E-state index contributed by atoms with van der Waals surface area (Å²) in [5.74, 6) is -0.335. The van der Waals surface area contributed by atoms with Gasteiger partial charge in [0.1, 0.15) is 42.7 Å². The molecule has 4 aromatic carbocycles. The van der Waals surface area contributed by atoms with Crippen LogP contribution in [0.25, 0.3) is 0 Å². The molecule has 1 N–H and O–H groups in total. The van der Waals surface area contributed by atoms with Gasteiger partial charge in [-0.2, -0.15) is 0 Å². The summed E-state index contributed by atoms with van der Waals surface area (Å²) in [6, 6.07) is 39.4. The van der Waals surface area contributed by atoms with Crippen molar-refractivity contribution >= 4 is 5.78 Å². The van der Waals surface area contributed by atoms with Gasteiger partial charge < -0.3 is 38.3 Å². The first-order valence-corrected chi connectivity index (χ1v) is 17.1. The zero-order chi connectivity index (χ0) is 34.1. The Hall–Kier alpha value is -4.03. The number of benzene rings is 4. The van der Waals surface area contributed by atoms with Crippen molar-refractivity contribution in [2.75, 3.05) is 13.2 Å². The van der Waals surface area contributed by atoms with Crippen molar-refractivity contribution in [3.05, 3.63) is 155 Å². The molecule has 2 fully saturated rings. The Morgan fingerprint density at radius 1 is 0.620 bits per heavy atom. The minimum Gasteiger partial charge on any atom is -0.385 e. The summed E-state index contributed by atoms with van der Waals surface area (Å²) in [5, 5.41) is 12.1. The average Bonchev–Trinajstić information content (AvgIpc) is 3.58. The van der Waals surface area contributed by atoms with E-state index in [4.69, 9.17) is 33.2 Å². The number of aliphatic hydroxyl groups is 1. The SMILES string of the molecule is O=C1C([C@@H](O)[C@@H]2O[C@H](COCc3ccccc3)[C@H](OCc3ccccc3)[C@H](OCc3ccccc3)[C@H]2OCc2ccccc2)=C[C@@H]2OC[C@H]1O2. The molecule has 3 aliphatic rings. The van der Waals surface area contributed by atoms with Crippen LogP contribution in [0.3, 0.4) is 0 Å². The molecule has 9 nitrogen and oxygen atoms in total. The van der Waals surface area contributed by atoms with Crippen LogP contribution in [-0.4, -0.2) is 73.1 Å². The van der Waals surface area contributed by atoms with Crippen molar-refractivity contribution < 1.29 is 43.1 Å². The second kappa shape index (κ2) is 16.8. The Bertz CT molecular complexity index is 1670. The van der Waals surface area contributed by atoms with Crippen LogP contribution in [-0.2, 0) is 64.4 Å². The van der Waals surface area contributed by atoms with Crippen LogP contribution in [0.4, 0.5) is 0 Å². The van der Waals surface area contributed by atoms with Crippen molar-refractivity contribution in [2.24, 2.45) is 0 Å². The number of hydrogen-bond acceptors (Lipinski definition) is 9. The first-order valence-electron chi connectivity index (χ1n) is 17.1. The van der Waals surface area contributed by atoms with Crippen LogP contribution in [0.1, 0.15) is 22.3 Å². The molecule has 7 rings (SSSR count). The maximum Gasteiger partial charge on any atom is 0.192 e. The van der Waals surface area contributed by atoms with E-state index in [0.29, 0.717) is 6.61 Å². The van der Waals surface area contributed by atoms with Gasteiger partial charge in [-0.25, -0.2) is 0 Å². The molecule has 4 aromatic rings. The predicted molar refractivity (Wildman–Crippen MR) is 184 cm³/mol. The summed E-state index contributed by atoms with van der Waals surface area (Å²) in [5.41, 5.74) is 4.07. The van der Waals surface area contributed by atoms with Gasteiger partial charge in [-0.15, -0.1) is 0 Å². The molecule has 50 heavy (non-hydrogen) atoms. The van der Waals surface area contributed by atoms with E-state index >= 15 is 0 Å². The Morgan fingerprint density at radius 2 is 1.10 bits per heavy atom. The topological polar surface area (TPSA) is 102 Å². The third-order valence-corrected chi connectivity index (χ3v) is 9.15. The van der Waals surface area contributed by atoms with E-state index in [-0.39, 0.29) is 44.4 Å². The molecule has 9 heteroatoms. The minimum atomic E-state index is -1.37. The molecule has 2 bridgehead atoms. The molecule has 0 radical (unpaired) electrons. The predicted octanol–water partition coefficient (Wildman–Crippen LogP) is 5.34. The van der Waals surface area contributed by atoms with Crippen LogP contribution in [0.15, 0.2) is 133 Å². The number of rotatable bonds is 15. The van der Waals surface area contributed by atoms with Gasteiger partial charge in [-0.1, -0.05) is 121 Å². The zero-order valence-corrected chi connectivity index (χ0v) is 27.7. The first-order chi connectivity index (χ1) is 24.6. The molecule has 0 unspecified atom stereocenters. The molecule has 0 aromatic heterocycles. The van der Waals surface area contributed by atoms with Crippen LogP contribution in [0, 0.1) is 0 Å². The molecule has 2 saturated heterocycles. The molecule has 0 saturated carbocycles. The second-order valence-electron chi connectivity index (χ2n) is 12.7. The van der Waals surface area contributed by atoms with Gasteiger partial charge >= 0.3 is 0 Å². The molecular formula is C41H42O9. The largest absolute Gasteiger partial charge is 0.385 e. The molecule has 3 aliphatic heterocycles. The van der Waals surface area contributed by atoms with Crippen molar-refractivity contribution in [3.8, 4) is 0 Å². The summed E-state index contributed by atoms with van der Waals surface area (Å²) in [7, 11) is 0. The van der Waals surface area contributed by atoms with Crippen molar-refractivity contribution in [2.45, 2.75) is 75.4 Å². The summed E-state index contributed by atoms with van der Waals surface area (Å²) in [6.07, 6.45) is -5.29. The van der Waals surface area contributed by atoms with Crippen LogP contribution in [0.5, 0.6) is 0 Å². The summed E-state index contributed by atoms with van der Waals surface area (Å²) < 4.78 is 44.4. The van der Waals surface area contributed by atoms with E-state index in [2.05, 4.69) is 0 Å². The number of ketones is 1. The maximum absolute atomic E-state index is 13.5. The molecular weight excluding hydrogens is 636 g/mol. The fraction of sp³-hybridized carbons (Fsp3) is 0.341. The van der Waals surface area contributed by atoms with Crippen LogP contribution < -0.4 is 0 Å². The number of Topliss-reactive ketones (excluding diaryl/α,β-unsaturated/α-hetero) is 1. The second-order valence-corrected chi connectivity index (χ2v) is 12.7. The Labute approximate surface area is 292 Å². The van der Waals surface area contributed by atoms with E-state index in [9.17, 15) is 9.90 Å². The quantitative estimate of drug-likeness (QED) is 0.179. The lowest BCUT2D eigenvalue weighted by molar-refractivity contribution is -0.284. The molecule has 260 valence electrons. The van der Waals surface area contributed by atoms with Crippen molar-refractivity contribution in [1.29, 1.82) is 0 Å². The van der Waals surface area contributed by atoms with Gasteiger partial charge in [0.15, 0.2) is 12.1 Å². The number of fused-ring (bicyclic) bond motifs is 2. The van der Waals surface area contributed by atoms with Gasteiger partial charge in [0, 0.05) is 5.57 Å². The molecule has 0 amide bonds. The van der Waals surface area contributed by atoms with Gasteiger partial charge in [0.05, 0.1) is 39.6 Å². The fourth-order valence-electron chi connectivity index (χ4n) is 6.56. The van der Waals surface area contributed by atoms with Gasteiger partial charge in [0.2, 0.25) is 0 Å². The monoisotopic (exact) mass is 678 g/mol.